The molecule has 0 atom stereocenters. The Hall–Kier alpha value is -1.67. The van der Waals surface area contributed by atoms with Crippen LogP contribution in [0.4, 0.5) is 5.69 Å². The number of hydrogen-bond acceptors (Lipinski definition) is 2. The zero-order valence-corrected chi connectivity index (χ0v) is 12.0. The van der Waals surface area contributed by atoms with Gasteiger partial charge in [-0.1, -0.05) is 29.8 Å². The molecule has 0 fully saturated rings. The van der Waals surface area contributed by atoms with Gasteiger partial charge in [-0.3, -0.25) is 0 Å². The van der Waals surface area contributed by atoms with Crippen LogP contribution in [-0.4, -0.2) is 13.2 Å². The molecule has 0 aliphatic heterocycles. The summed E-state index contributed by atoms with van der Waals surface area (Å²) in [4.78, 5) is 0. The van der Waals surface area contributed by atoms with Gasteiger partial charge in [-0.15, -0.1) is 0 Å². The molecule has 0 amide bonds. The van der Waals surface area contributed by atoms with E-state index in [4.69, 9.17) is 16.3 Å². The van der Waals surface area contributed by atoms with Gasteiger partial charge in [0.2, 0.25) is 0 Å². The van der Waals surface area contributed by atoms with Crippen LogP contribution in [0.2, 0.25) is 5.02 Å². The van der Waals surface area contributed by atoms with Gasteiger partial charge in [0.05, 0.1) is 0 Å². The summed E-state index contributed by atoms with van der Waals surface area (Å²) in [5.41, 5.74) is 3.43. The summed E-state index contributed by atoms with van der Waals surface area (Å²) in [5.74, 6) is 0.855. The fourth-order valence-corrected chi connectivity index (χ4v) is 1.95. The lowest BCUT2D eigenvalue weighted by Gasteiger charge is -2.11. The Labute approximate surface area is 119 Å². The molecule has 0 aliphatic rings. The first kappa shape index (κ1) is 13.8. The summed E-state index contributed by atoms with van der Waals surface area (Å²) in [6.07, 6.45) is 0. The Morgan fingerprint density at radius 3 is 2.58 bits per heavy atom. The highest BCUT2D eigenvalue weighted by Crippen LogP contribution is 2.21. The summed E-state index contributed by atoms with van der Waals surface area (Å²) in [7, 11) is 0. The molecule has 0 aromatic heterocycles. The number of halogens is 1. The van der Waals surface area contributed by atoms with Gasteiger partial charge in [-0.2, -0.15) is 0 Å². The Balaban J connectivity index is 1.81. The van der Waals surface area contributed by atoms with E-state index < -0.39 is 0 Å². The standard InChI is InChI=1S/C16H18ClNO/c1-12-5-3-4-6-16(12)18-9-10-19-14-7-8-15(17)13(2)11-14/h3-8,11,18H,9-10H2,1-2H3. The third-order valence-corrected chi connectivity index (χ3v) is 3.38. The van der Waals surface area contributed by atoms with Gasteiger partial charge in [0.15, 0.2) is 0 Å². The number of aryl methyl sites for hydroxylation is 2. The Bertz CT molecular complexity index is 554. The maximum absolute atomic E-state index is 5.97. The number of hydrogen-bond donors (Lipinski definition) is 1. The van der Waals surface area contributed by atoms with Crippen molar-refractivity contribution in [1.29, 1.82) is 0 Å². The van der Waals surface area contributed by atoms with E-state index in [-0.39, 0.29) is 0 Å². The molecule has 2 rings (SSSR count). The van der Waals surface area contributed by atoms with Crippen LogP contribution in [0.5, 0.6) is 5.75 Å². The highest BCUT2D eigenvalue weighted by molar-refractivity contribution is 6.31. The van der Waals surface area contributed by atoms with Crippen LogP contribution in [0.3, 0.4) is 0 Å². The predicted octanol–water partition coefficient (Wildman–Crippen LogP) is 4.45. The topological polar surface area (TPSA) is 21.3 Å². The van der Waals surface area contributed by atoms with Gasteiger partial charge in [-0.05, 0) is 49.2 Å². The maximum atomic E-state index is 5.97. The fourth-order valence-electron chi connectivity index (χ4n) is 1.83. The Morgan fingerprint density at radius 1 is 1.05 bits per heavy atom. The molecule has 0 saturated heterocycles. The molecule has 0 heterocycles. The highest BCUT2D eigenvalue weighted by Gasteiger charge is 1.99. The average Bonchev–Trinajstić information content (AvgIpc) is 2.40. The summed E-state index contributed by atoms with van der Waals surface area (Å²) in [5, 5.41) is 4.13. The van der Waals surface area contributed by atoms with Gasteiger partial charge in [-0.25, -0.2) is 0 Å². The van der Waals surface area contributed by atoms with Crippen molar-refractivity contribution in [3.8, 4) is 5.75 Å². The maximum Gasteiger partial charge on any atom is 0.119 e. The molecule has 2 aromatic carbocycles. The zero-order valence-electron chi connectivity index (χ0n) is 11.2. The number of ether oxygens (including phenoxy) is 1. The third-order valence-electron chi connectivity index (χ3n) is 2.96. The number of anilines is 1. The van der Waals surface area contributed by atoms with E-state index in [1.54, 1.807) is 0 Å². The van der Waals surface area contributed by atoms with Crippen LogP contribution in [0.15, 0.2) is 42.5 Å². The smallest absolute Gasteiger partial charge is 0.119 e. The molecule has 2 aromatic rings. The summed E-state index contributed by atoms with van der Waals surface area (Å²) >= 11 is 5.97. The first-order valence-corrected chi connectivity index (χ1v) is 6.73. The van der Waals surface area contributed by atoms with Crippen LogP contribution in [0.1, 0.15) is 11.1 Å². The van der Waals surface area contributed by atoms with E-state index >= 15 is 0 Å². The predicted molar refractivity (Wildman–Crippen MR) is 81.4 cm³/mol. The van der Waals surface area contributed by atoms with Crippen molar-refractivity contribution >= 4 is 17.3 Å². The van der Waals surface area contributed by atoms with Crippen LogP contribution in [0, 0.1) is 13.8 Å². The largest absolute Gasteiger partial charge is 0.492 e. The minimum absolute atomic E-state index is 0.620. The second kappa shape index (κ2) is 6.48. The molecule has 2 nitrogen and oxygen atoms in total. The second-order valence-corrected chi connectivity index (χ2v) is 4.91. The van der Waals surface area contributed by atoms with Crippen LogP contribution < -0.4 is 10.1 Å². The van der Waals surface area contributed by atoms with Crippen molar-refractivity contribution in [2.24, 2.45) is 0 Å². The quantitative estimate of drug-likeness (QED) is 0.814. The molecular formula is C16H18ClNO. The molecule has 0 spiro atoms. The molecular weight excluding hydrogens is 258 g/mol. The lowest BCUT2D eigenvalue weighted by Crippen LogP contribution is -2.12. The molecule has 0 bridgehead atoms. The van der Waals surface area contributed by atoms with E-state index in [1.165, 1.54) is 5.56 Å². The molecule has 0 aliphatic carbocycles. The van der Waals surface area contributed by atoms with Gasteiger partial charge in [0.25, 0.3) is 0 Å². The Morgan fingerprint density at radius 2 is 1.84 bits per heavy atom. The molecule has 0 saturated carbocycles. The van der Waals surface area contributed by atoms with Crippen molar-refractivity contribution in [2.75, 3.05) is 18.5 Å². The average molecular weight is 276 g/mol. The lowest BCUT2D eigenvalue weighted by molar-refractivity contribution is 0.332. The van der Waals surface area contributed by atoms with Gasteiger partial charge < -0.3 is 10.1 Å². The van der Waals surface area contributed by atoms with Crippen molar-refractivity contribution in [3.63, 3.8) is 0 Å². The van der Waals surface area contributed by atoms with Gasteiger partial charge >= 0.3 is 0 Å². The summed E-state index contributed by atoms with van der Waals surface area (Å²) < 4.78 is 5.68. The van der Waals surface area contributed by atoms with E-state index in [9.17, 15) is 0 Å². The normalized spacial score (nSPS) is 10.3. The SMILES string of the molecule is Cc1cc(OCCNc2ccccc2C)ccc1Cl. The van der Waals surface area contributed by atoms with E-state index in [0.717, 1.165) is 28.6 Å². The highest BCUT2D eigenvalue weighted by atomic mass is 35.5. The number of rotatable bonds is 5. The molecule has 19 heavy (non-hydrogen) atoms. The minimum Gasteiger partial charge on any atom is -0.492 e. The van der Waals surface area contributed by atoms with Crippen molar-refractivity contribution < 1.29 is 4.74 Å². The van der Waals surface area contributed by atoms with E-state index in [1.807, 2.05) is 37.3 Å². The molecule has 0 unspecified atom stereocenters. The van der Waals surface area contributed by atoms with Crippen molar-refractivity contribution in [2.45, 2.75) is 13.8 Å². The van der Waals surface area contributed by atoms with Crippen molar-refractivity contribution in [3.05, 3.63) is 58.6 Å². The van der Waals surface area contributed by atoms with Crippen LogP contribution in [-0.2, 0) is 0 Å². The minimum atomic E-state index is 0.620. The van der Waals surface area contributed by atoms with E-state index in [0.29, 0.717) is 6.61 Å². The zero-order chi connectivity index (χ0) is 13.7. The molecule has 1 N–H and O–H groups in total. The first-order valence-electron chi connectivity index (χ1n) is 6.35. The molecule has 100 valence electrons. The summed E-state index contributed by atoms with van der Waals surface area (Å²) in [6.45, 7) is 5.45. The number of benzene rings is 2. The second-order valence-electron chi connectivity index (χ2n) is 4.50. The lowest BCUT2D eigenvalue weighted by atomic mass is 10.2. The van der Waals surface area contributed by atoms with Crippen molar-refractivity contribution in [1.82, 2.24) is 0 Å². The van der Waals surface area contributed by atoms with Gasteiger partial charge in [0, 0.05) is 17.3 Å². The molecule has 0 radical (unpaired) electrons. The van der Waals surface area contributed by atoms with Crippen LogP contribution >= 0.6 is 11.6 Å². The number of para-hydroxylation sites is 1. The van der Waals surface area contributed by atoms with E-state index in [2.05, 4.69) is 24.4 Å². The first-order chi connectivity index (χ1) is 9.16. The molecule has 3 heteroatoms. The van der Waals surface area contributed by atoms with Crippen LogP contribution in [0.25, 0.3) is 0 Å². The monoisotopic (exact) mass is 275 g/mol. The third kappa shape index (κ3) is 3.90. The number of nitrogens with one attached hydrogen (secondary N) is 1. The summed E-state index contributed by atoms with van der Waals surface area (Å²) in [6, 6.07) is 13.9. The Kier molecular flexibility index (Phi) is 4.69. The van der Waals surface area contributed by atoms with Gasteiger partial charge in [0.1, 0.15) is 12.4 Å². The fraction of sp³-hybridized carbons (Fsp3) is 0.250.